The summed E-state index contributed by atoms with van der Waals surface area (Å²) in [5, 5.41) is 9.05. The van der Waals surface area contributed by atoms with E-state index < -0.39 is 5.41 Å². The molecule has 0 saturated heterocycles. The van der Waals surface area contributed by atoms with Gasteiger partial charge in [-0.05, 0) is 26.3 Å². The van der Waals surface area contributed by atoms with Gasteiger partial charge < -0.3 is 4.98 Å². The summed E-state index contributed by atoms with van der Waals surface area (Å²) in [6.07, 6.45) is 1.78. The first-order chi connectivity index (χ1) is 8.03. The zero-order valence-corrected chi connectivity index (χ0v) is 10.3. The molecular formula is C14H15N3. The molecule has 0 amide bonds. The van der Waals surface area contributed by atoms with E-state index in [0.29, 0.717) is 5.82 Å². The van der Waals surface area contributed by atoms with Gasteiger partial charge in [-0.15, -0.1) is 0 Å². The molecule has 1 N–H and O–H groups in total. The molecule has 0 saturated carbocycles. The van der Waals surface area contributed by atoms with Crippen molar-refractivity contribution in [2.24, 2.45) is 0 Å². The number of aromatic amines is 1. The minimum atomic E-state index is -0.580. The van der Waals surface area contributed by atoms with E-state index in [1.165, 1.54) is 5.56 Å². The molecule has 2 rings (SSSR count). The summed E-state index contributed by atoms with van der Waals surface area (Å²) in [7, 11) is 0. The van der Waals surface area contributed by atoms with Crippen molar-refractivity contribution in [1.29, 1.82) is 5.26 Å². The molecule has 3 heteroatoms. The summed E-state index contributed by atoms with van der Waals surface area (Å²) in [6.45, 7) is 5.76. The molecular weight excluding hydrogens is 210 g/mol. The molecule has 1 aromatic heterocycles. The maximum atomic E-state index is 9.05. The summed E-state index contributed by atoms with van der Waals surface area (Å²) in [5.41, 5.74) is 2.68. The number of hydrogen-bond acceptors (Lipinski definition) is 2. The van der Waals surface area contributed by atoms with Crippen molar-refractivity contribution in [3.05, 3.63) is 41.9 Å². The van der Waals surface area contributed by atoms with Crippen molar-refractivity contribution in [1.82, 2.24) is 9.97 Å². The van der Waals surface area contributed by atoms with Crippen LogP contribution in [0.3, 0.4) is 0 Å². The molecule has 0 spiro atoms. The van der Waals surface area contributed by atoms with Crippen LogP contribution in [0.25, 0.3) is 11.3 Å². The van der Waals surface area contributed by atoms with Gasteiger partial charge in [-0.1, -0.05) is 29.8 Å². The van der Waals surface area contributed by atoms with E-state index in [1.807, 2.05) is 26.0 Å². The first-order valence-corrected chi connectivity index (χ1v) is 5.57. The van der Waals surface area contributed by atoms with Gasteiger partial charge in [0.1, 0.15) is 11.2 Å². The highest BCUT2D eigenvalue weighted by molar-refractivity contribution is 5.59. The number of rotatable bonds is 2. The number of imidazole rings is 1. The van der Waals surface area contributed by atoms with Crippen LogP contribution in [0.4, 0.5) is 0 Å². The molecule has 0 aliphatic heterocycles. The van der Waals surface area contributed by atoms with Crippen LogP contribution >= 0.6 is 0 Å². The third kappa shape index (κ3) is 2.21. The summed E-state index contributed by atoms with van der Waals surface area (Å²) >= 11 is 0. The van der Waals surface area contributed by atoms with Crippen molar-refractivity contribution in [2.45, 2.75) is 26.2 Å². The number of benzene rings is 1. The number of aromatic nitrogens is 2. The number of nitrogens with one attached hydrogen (secondary N) is 1. The summed E-state index contributed by atoms with van der Waals surface area (Å²) < 4.78 is 0. The SMILES string of the molecule is Cc1ccc(-c2cnc(C(C)(C)C#N)[nH]2)cc1. The topological polar surface area (TPSA) is 52.5 Å². The van der Waals surface area contributed by atoms with Gasteiger partial charge in [-0.25, -0.2) is 4.98 Å². The van der Waals surface area contributed by atoms with E-state index >= 15 is 0 Å². The molecule has 0 fully saturated rings. The van der Waals surface area contributed by atoms with Crippen molar-refractivity contribution in [3.63, 3.8) is 0 Å². The molecule has 0 radical (unpaired) electrons. The molecule has 0 aliphatic rings. The Hall–Kier alpha value is -2.08. The standard InChI is InChI=1S/C14H15N3/c1-10-4-6-11(7-5-10)12-8-16-13(17-12)14(2,3)9-15/h4-8H,1-3H3,(H,16,17). The Morgan fingerprint density at radius 3 is 2.47 bits per heavy atom. The van der Waals surface area contributed by atoms with Crippen molar-refractivity contribution >= 4 is 0 Å². The minimum absolute atomic E-state index is 0.580. The molecule has 3 nitrogen and oxygen atoms in total. The molecule has 0 bridgehead atoms. The maximum absolute atomic E-state index is 9.05. The van der Waals surface area contributed by atoms with Crippen LogP contribution in [0, 0.1) is 18.3 Å². The molecule has 1 heterocycles. The quantitative estimate of drug-likeness (QED) is 0.853. The number of aryl methyl sites for hydroxylation is 1. The van der Waals surface area contributed by atoms with Crippen LogP contribution in [0.5, 0.6) is 0 Å². The summed E-state index contributed by atoms with van der Waals surface area (Å²) in [6, 6.07) is 10.5. The highest BCUT2D eigenvalue weighted by Crippen LogP contribution is 2.23. The predicted molar refractivity (Wildman–Crippen MR) is 67.4 cm³/mol. The van der Waals surface area contributed by atoms with Gasteiger partial charge in [0.05, 0.1) is 18.0 Å². The fraction of sp³-hybridized carbons (Fsp3) is 0.286. The third-order valence-corrected chi connectivity index (χ3v) is 2.81. The van der Waals surface area contributed by atoms with Crippen molar-refractivity contribution < 1.29 is 0 Å². The monoisotopic (exact) mass is 225 g/mol. The van der Waals surface area contributed by atoms with Gasteiger partial charge in [0.15, 0.2) is 0 Å². The van der Waals surface area contributed by atoms with Gasteiger partial charge in [0.2, 0.25) is 0 Å². The average molecular weight is 225 g/mol. The van der Waals surface area contributed by atoms with Crippen LogP contribution in [0.15, 0.2) is 30.5 Å². The molecule has 0 unspecified atom stereocenters. The van der Waals surface area contributed by atoms with E-state index in [0.717, 1.165) is 11.3 Å². The normalized spacial score (nSPS) is 11.2. The lowest BCUT2D eigenvalue weighted by Gasteiger charge is -2.10. The molecule has 1 aromatic carbocycles. The van der Waals surface area contributed by atoms with E-state index in [9.17, 15) is 0 Å². The Morgan fingerprint density at radius 1 is 1.24 bits per heavy atom. The highest BCUT2D eigenvalue weighted by Gasteiger charge is 2.23. The zero-order chi connectivity index (χ0) is 12.5. The highest BCUT2D eigenvalue weighted by atomic mass is 14.9. The largest absolute Gasteiger partial charge is 0.341 e. The third-order valence-electron chi connectivity index (χ3n) is 2.81. The predicted octanol–water partition coefficient (Wildman–Crippen LogP) is 3.19. The number of H-pyrrole nitrogens is 1. The van der Waals surface area contributed by atoms with Crippen LogP contribution in [-0.2, 0) is 5.41 Å². The van der Waals surface area contributed by atoms with Crippen LogP contribution < -0.4 is 0 Å². The Balaban J connectivity index is 2.37. The van der Waals surface area contributed by atoms with E-state index in [4.69, 9.17) is 5.26 Å². The zero-order valence-electron chi connectivity index (χ0n) is 10.3. The molecule has 0 atom stereocenters. The van der Waals surface area contributed by atoms with Gasteiger partial charge in [-0.2, -0.15) is 5.26 Å². The maximum Gasteiger partial charge on any atom is 0.126 e. The van der Waals surface area contributed by atoms with Crippen LogP contribution in [-0.4, -0.2) is 9.97 Å². The van der Waals surface area contributed by atoms with Gasteiger partial charge in [0.25, 0.3) is 0 Å². The number of nitrogens with zero attached hydrogens (tertiary/aromatic N) is 2. The number of hydrogen-bond donors (Lipinski definition) is 1. The Bertz CT molecular complexity index is 556. The molecule has 2 aromatic rings. The molecule has 0 aliphatic carbocycles. The average Bonchev–Trinajstić information content (AvgIpc) is 2.80. The lowest BCUT2D eigenvalue weighted by atomic mass is 9.95. The second kappa shape index (κ2) is 4.06. The first kappa shape index (κ1) is 11.4. The second-order valence-electron chi connectivity index (χ2n) is 4.75. The Labute approximate surface area is 101 Å². The van der Waals surface area contributed by atoms with Gasteiger partial charge in [-0.3, -0.25) is 0 Å². The smallest absolute Gasteiger partial charge is 0.126 e. The Kier molecular flexibility index (Phi) is 2.72. The van der Waals surface area contributed by atoms with E-state index in [2.05, 4.69) is 35.1 Å². The van der Waals surface area contributed by atoms with Crippen LogP contribution in [0.2, 0.25) is 0 Å². The number of nitriles is 1. The van der Waals surface area contributed by atoms with Gasteiger partial charge in [0, 0.05) is 0 Å². The van der Waals surface area contributed by atoms with Crippen LogP contribution in [0.1, 0.15) is 25.2 Å². The first-order valence-electron chi connectivity index (χ1n) is 5.57. The molecule has 86 valence electrons. The fourth-order valence-electron chi connectivity index (χ4n) is 1.57. The van der Waals surface area contributed by atoms with Crippen molar-refractivity contribution in [2.75, 3.05) is 0 Å². The van der Waals surface area contributed by atoms with E-state index in [1.54, 1.807) is 6.20 Å². The van der Waals surface area contributed by atoms with Crippen molar-refractivity contribution in [3.8, 4) is 17.3 Å². The Morgan fingerprint density at radius 2 is 1.88 bits per heavy atom. The summed E-state index contributed by atoms with van der Waals surface area (Å²) in [5.74, 6) is 0.704. The van der Waals surface area contributed by atoms with Gasteiger partial charge >= 0.3 is 0 Å². The fourth-order valence-corrected chi connectivity index (χ4v) is 1.57. The molecule has 17 heavy (non-hydrogen) atoms. The van der Waals surface area contributed by atoms with E-state index in [-0.39, 0.29) is 0 Å². The summed E-state index contributed by atoms with van der Waals surface area (Å²) in [4.78, 5) is 7.49. The lowest BCUT2D eigenvalue weighted by molar-refractivity contribution is 0.640. The second-order valence-corrected chi connectivity index (χ2v) is 4.75. The lowest BCUT2D eigenvalue weighted by Crippen LogP contribution is -2.15. The minimum Gasteiger partial charge on any atom is -0.341 e.